The summed E-state index contributed by atoms with van der Waals surface area (Å²) >= 11 is 0. The number of ether oxygens (including phenoxy) is 1. The third-order valence-corrected chi connectivity index (χ3v) is 4.18. The van der Waals surface area contributed by atoms with Gasteiger partial charge in [0.1, 0.15) is 5.60 Å². The van der Waals surface area contributed by atoms with E-state index in [1.165, 1.54) is 16.8 Å². The quantitative estimate of drug-likeness (QED) is 0.914. The lowest BCUT2D eigenvalue weighted by molar-refractivity contribution is 0.0504. The fourth-order valence-corrected chi connectivity index (χ4v) is 3.21. The number of hydrogen-bond acceptors (Lipinski definition) is 3. The van der Waals surface area contributed by atoms with E-state index in [1.54, 1.807) is 0 Å². The third kappa shape index (κ3) is 4.75. The van der Waals surface area contributed by atoms with Gasteiger partial charge in [0.15, 0.2) is 0 Å². The fourth-order valence-electron chi connectivity index (χ4n) is 3.21. The van der Waals surface area contributed by atoms with Crippen LogP contribution in [0, 0.1) is 0 Å². The van der Waals surface area contributed by atoms with Crippen LogP contribution < -0.4 is 10.2 Å². The van der Waals surface area contributed by atoms with Crippen molar-refractivity contribution in [1.29, 1.82) is 0 Å². The number of hydrogen-bond donors (Lipinski definition) is 1. The molecule has 3 rings (SSSR count). The maximum atomic E-state index is 12.2. The Labute approximate surface area is 149 Å². The van der Waals surface area contributed by atoms with E-state index < -0.39 is 5.60 Å². The van der Waals surface area contributed by atoms with Crippen molar-refractivity contribution in [3.63, 3.8) is 0 Å². The van der Waals surface area contributed by atoms with Gasteiger partial charge in [-0.2, -0.15) is 0 Å². The Morgan fingerprint density at radius 1 is 1.12 bits per heavy atom. The number of para-hydroxylation sites is 1. The highest BCUT2D eigenvalue weighted by Gasteiger charge is 2.27. The first-order valence-electron chi connectivity index (χ1n) is 8.77. The highest BCUT2D eigenvalue weighted by molar-refractivity contribution is 5.69. The molecule has 1 aliphatic rings. The van der Waals surface area contributed by atoms with Crippen LogP contribution in [0.3, 0.4) is 0 Å². The minimum atomic E-state index is -0.486. The molecule has 1 unspecified atom stereocenters. The second-order valence-electron chi connectivity index (χ2n) is 7.54. The van der Waals surface area contributed by atoms with E-state index in [1.807, 2.05) is 26.8 Å². The Bertz CT molecular complexity index is 722. The number of nitrogens with zero attached hydrogens (tertiary/aromatic N) is 1. The second kappa shape index (κ2) is 7.18. The van der Waals surface area contributed by atoms with E-state index in [4.69, 9.17) is 4.74 Å². The van der Waals surface area contributed by atoms with Crippen LogP contribution in [0.5, 0.6) is 0 Å². The van der Waals surface area contributed by atoms with Gasteiger partial charge in [0.2, 0.25) is 0 Å². The van der Waals surface area contributed by atoms with Crippen molar-refractivity contribution in [2.24, 2.45) is 0 Å². The van der Waals surface area contributed by atoms with Crippen molar-refractivity contribution in [2.75, 3.05) is 11.4 Å². The van der Waals surface area contributed by atoms with Crippen molar-refractivity contribution >= 4 is 11.8 Å². The van der Waals surface area contributed by atoms with Gasteiger partial charge in [-0.25, -0.2) is 4.79 Å². The average Bonchev–Trinajstić information content (AvgIpc) is 2.54. The topological polar surface area (TPSA) is 41.6 Å². The van der Waals surface area contributed by atoms with E-state index in [0.29, 0.717) is 0 Å². The molecule has 1 amide bonds. The Morgan fingerprint density at radius 2 is 1.80 bits per heavy atom. The molecule has 0 radical (unpaired) electrons. The molecule has 1 heterocycles. The Hall–Kier alpha value is -2.49. The molecule has 4 nitrogen and oxygen atoms in total. The van der Waals surface area contributed by atoms with E-state index >= 15 is 0 Å². The van der Waals surface area contributed by atoms with E-state index in [0.717, 1.165) is 19.5 Å². The molecule has 2 aromatic rings. The molecule has 0 bridgehead atoms. The summed E-state index contributed by atoms with van der Waals surface area (Å²) in [6, 6.07) is 18.9. The molecule has 25 heavy (non-hydrogen) atoms. The van der Waals surface area contributed by atoms with Gasteiger partial charge < -0.3 is 15.0 Å². The molecule has 4 heteroatoms. The maximum absolute atomic E-state index is 12.2. The van der Waals surface area contributed by atoms with Crippen LogP contribution >= 0.6 is 0 Å². The Morgan fingerprint density at radius 3 is 2.52 bits per heavy atom. The predicted molar refractivity (Wildman–Crippen MR) is 101 cm³/mol. The van der Waals surface area contributed by atoms with Crippen LogP contribution in [-0.4, -0.2) is 24.3 Å². The number of rotatable bonds is 3. The molecule has 0 saturated carbocycles. The molecule has 0 fully saturated rings. The smallest absolute Gasteiger partial charge is 0.407 e. The van der Waals surface area contributed by atoms with E-state index in [-0.39, 0.29) is 12.1 Å². The van der Waals surface area contributed by atoms with Crippen molar-refractivity contribution in [3.05, 3.63) is 65.7 Å². The highest BCUT2D eigenvalue weighted by atomic mass is 16.6. The largest absolute Gasteiger partial charge is 0.444 e. The predicted octanol–water partition coefficient (Wildman–Crippen LogP) is 4.14. The number of carbonyl (C=O) groups is 1. The van der Waals surface area contributed by atoms with Crippen LogP contribution in [0.1, 0.15) is 31.9 Å². The second-order valence-corrected chi connectivity index (χ2v) is 7.54. The van der Waals surface area contributed by atoms with E-state index in [9.17, 15) is 4.79 Å². The number of alkyl carbamates (subject to hydrolysis) is 1. The fraction of sp³-hybridized carbons (Fsp3) is 0.381. The van der Waals surface area contributed by atoms with Gasteiger partial charge in [0.25, 0.3) is 0 Å². The molecule has 132 valence electrons. The van der Waals surface area contributed by atoms with Gasteiger partial charge in [-0.1, -0.05) is 48.5 Å². The SMILES string of the molecule is CC(C)(C)OC(=O)NC1Cc2ccccc2N(Cc2ccccc2)C1. The molecule has 1 atom stereocenters. The van der Waals surface area contributed by atoms with Gasteiger partial charge >= 0.3 is 6.09 Å². The molecule has 0 aromatic heterocycles. The number of anilines is 1. The zero-order valence-electron chi connectivity index (χ0n) is 15.2. The highest BCUT2D eigenvalue weighted by Crippen LogP contribution is 2.28. The summed E-state index contributed by atoms with van der Waals surface area (Å²) in [7, 11) is 0. The maximum Gasteiger partial charge on any atom is 0.407 e. The van der Waals surface area contributed by atoms with Gasteiger partial charge in [0, 0.05) is 18.8 Å². The third-order valence-electron chi connectivity index (χ3n) is 4.18. The normalized spacial score (nSPS) is 16.9. The van der Waals surface area contributed by atoms with Crippen molar-refractivity contribution < 1.29 is 9.53 Å². The first-order chi connectivity index (χ1) is 11.9. The average molecular weight is 338 g/mol. The Balaban J connectivity index is 1.75. The van der Waals surface area contributed by atoms with Crippen molar-refractivity contribution in [3.8, 4) is 0 Å². The van der Waals surface area contributed by atoms with Crippen LogP contribution in [-0.2, 0) is 17.7 Å². The lowest BCUT2D eigenvalue weighted by atomic mass is 9.97. The molecular formula is C21H26N2O2. The van der Waals surface area contributed by atoms with Gasteiger partial charge in [-0.15, -0.1) is 0 Å². The van der Waals surface area contributed by atoms with E-state index in [2.05, 4.69) is 58.7 Å². The van der Waals surface area contributed by atoms with Crippen LogP contribution in [0.15, 0.2) is 54.6 Å². The minimum absolute atomic E-state index is 0.0356. The van der Waals surface area contributed by atoms with Crippen molar-refractivity contribution in [1.82, 2.24) is 5.32 Å². The number of benzene rings is 2. The summed E-state index contributed by atoms with van der Waals surface area (Å²) in [4.78, 5) is 14.5. The number of nitrogens with one attached hydrogen (secondary N) is 1. The summed E-state index contributed by atoms with van der Waals surface area (Å²) < 4.78 is 5.41. The monoisotopic (exact) mass is 338 g/mol. The molecule has 1 aliphatic heterocycles. The van der Waals surface area contributed by atoms with Gasteiger partial charge in [-0.05, 0) is 44.4 Å². The minimum Gasteiger partial charge on any atom is -0.444 e. The lowest BCUT2D eigenvalue weighted by Crippen LogP contribution is -2.49. The number of fused-ring (bicyclic) bond motifs is 1. The molecule has 0 aliphatic carbocycles. The summed E-state index contributed by atoms with van der Waals surface area (Å²) in [5.41, 5.74) is 3.27. The standard InChI is InChI=1S/C21H26N2O2/c1-21(2,3)25-20(24)22-18-13-17-11-7-8-12-19(17)23(15-18)14-16-9-5-4-6-10-16/h4-12,18H,13-15H2,1-3H3,(H,22,24). The molecule has 1 N–H and O–H groups in total. The first kappa shape index (κ1) is 17.3. The molecule has 2 aromatic carbocycles. The molecule has 0 saturated heterocycles. The van der Waals surface area contributed by atoms with Crippen molar-refractivity contribution in [2.45, 2.75) is 45.4 Å². The van der Waals surface area contributed by atoms with Gasteiger partial charge in [-0.3, -0.25) is 0 Å². The van der Waals surface area contributed by atoms with Crippen LogP contribution in [0.4, 0.5) is 10.5 Å². The zero-order valence-corrected chi connectivity index (χ0v) is 15.2. The van der Waals surface area contributed by atoms with Crippen LogP contribution in [0.2, 0.25) is 0 Å². The summed E-state index contributed by atoms with van der Waals surface area (Å²) in [6.07, 6.45) is 0.470. The summed E-state index contributed by atoms with van der Waals surface area (Å²) in [6.45, 7) is 7.23. The summed E-state index contributed by atoms with van der Waals surface area (Å²) in [5.74, 6) is 0. The zero-order chi connectivity index (χ0) is 17.9. The van der Waals surface area contributed by atoms with Gasteiger partial charge in [0.05, 0.1) is 6.04 Å². The van der Waals surface area contributed by atoms with Crippen LogP contribution in [0.25, 0.3) is 0 Å². The molecular weight excluding hydrogens is 312 g/mol. The number of amides is 1. The lowest BCUT2D eigenvalue weighted by Gasteiger charge is -2.36. The first-order valence-corrected chi connectivity index (χ1v) is 8.77. The number of carbonyl (C=O) groups excluding carboxylic acids is 1. The molecule has 0 spiro atoms. The summed E-state index contributed by atoms with van der Waals surface area (Å²) in [5, 5.41) is 3.03. The Kier molecular flexibility index (Phi) is 4.98.